The molecule has 2 aromatic carbocycles. The molecule has 30 heavy (non-hydrogen) atoms. The number of benzene rings is 2. The van der Waals surface area contributed by atoms with Gasteiger partial charge in [-0.1, -0.05) is 52.8 Å². The number of hydrogen-bond acceptors (Lipinski definition) is 5. The molecule has 3 aromatic rings. The predicted molar refractivity (Wildman–Crippen MR) is 124 cm³/mol. The third kappa shape index (κ3) is 5.46. The number of amides is 1. The van der Waals surface area contributed by atoms with Crippen molar-refractivity contribution in [2.45, 2.75) is 25.0 Å². The zero-order valence-corrected chi connectivity index (χ0v) is 18.9. The number of Topliss-reactive ketones (excluding diaryl/α,β-unsaturated/α-hetero) is 1. The van der Waals surface area contributed by atoms with Crippen LogP contribution in [-0.2, 0) is 11.3 Å². The fourth-order valence-electron chi connectivity index (χ4n) is 2.70. The summed E-state index contributed by atoms with van der Waals surface area (Å²) >= 11 is 4.77. The summed E-state index contributed by atoms with van der Waals surface area (Å²) in [7, 11) is 0. The maximum Gasteiger partial charge on any atom is 0.224 e. The molecular formula is C22H21BrN4O2S. The summed E-state index contributed by atoms with van der Waals surface area (Å²) in [6.45, 7) is 6.14. The van der Waals surface area contributed by atoms with E-state index in [2.05, 4.69) is 38.0 Å². The lowest BCUT2D eigenvalue weighted by molar-refractivity contribution is -0.115. The second kappa shape index (κ2) is 10.4. The minimum atomic E-state index is -0.0623. The van der Waals surface area contributed by atoms with Crippen LogP contribution in [0.15, 0.2) is 70.8 Å². The van der Waals surface area contributed by atoms with E-state index in [0.717, 1.165) is 15.9 Å². The van der Waals surface area contributed by atoms with Crippen LogP contribution in [0.2, 0.25) is 0 Å². The summed E-state index contributed by atoms with van der Waals surface area (Å²) < 4.78 is 2.93. The van der Waals surface area contributed by atoms with Gasteiger partial charge in [-0.15, -0.1) is 16.8 Å². The standard InChI is InChI=1S/C22H21BrN4O2S/c1-3-13-27-21(16-5-9-17(23)10-6-16)25-26-22(27)30-14-19(28)15-7-11-18(12-8-15)24-20(29)4-2/h3,5-12H,1,4,13-14H2,2H3,(H,24,29). The molecule has 0 aliphatic heterocycles. The van der Waals surface area contributed by atoms with Crippen molar-refractivity contribution in [3.8, 4) is 11.4 Å². The average Bonchev–Trinajstić information content (AvgIpc) is 3.16. The van der Waals surface area contributed by atoms with Gasteiger partial charge >= 0.3 is 0 Å². The van der Waals surface area contributed by atoms with Gasteiger partial charge in [-0.25, -0.2) is 0 Å². The number of aromatic nitrogens is 3. The number of anilines is 1. The van der Waals surface area contributed by atoms with Gasteiger partial charge in [0.15, 0.2) is 16.8 Å². The number of nitrogens with one attached hydrogen (secondary N) is 1. The van der Waals surface area contributed by atoms with Crippen molar-refractivity contribution in [3.63, 3.8) is 0 Å². The Kier molecular flexibility index (Phi) is 7.59. The Bertz CT molecular complexity index is 1050. The van der Waals surface area contributed by atoms with E-state index in [1.807, 2.05) is 28.8 Å². The second-order valence-corrected chi connectivity index (χ2v) is 8.26. The second-order valence-electron chi connectivity index (χ2n) is 6.40. The zero-order chi connectivity index (χ0) is 21.5. The van der Waals surface area contributed by atoms with Crippen LogP contribution in [-0.4, -0.2) is 32.2 Å². The van der Waals surface area contributed by atoms with Crippen LogP contribution >= 0.6 is 27.7 Å². The van der Waals surface area contributed by atoms with Crippen molar-refractivity contribution in [1.82, 2.24) is 14.8 Å². The number of nitrogens with zero attached hydrogens (tertiary/aromatic N) is 3. The topological polar surface area (TPSA) is 76.9 Å². The van der Waals surface area contributed by atoms with Gasteiger partial charge in [0.1, 0.15) is 0 Å². The number of rotatable bonds is 9. The van der Waals surface area contributed by atoms with E-state index in [4.69, 9.17) is 0 Å². The summed E-state index contributed by atoms with van der Waals surface area (Å²) in [5.74, 6) is 0.879. The third-order valence-electron chi connectivity index (χ3n) is 4.28. The van der Waals surface area contributed by atoms with E-state index in [9.17, 15) is 9.59 Å². The van der Waals surface area contributed by atoms with E-state index in [0.29, 0.717) is 29.4 Å². The van der Waals surface area contributed by atoms with Crippen LogP contribution < -0.4 is 5.32 Å². The monoisotopic (exact) mass is 484 g/mol. The number of carbonyl (C=O) groups excluding carboxylic acids is 2. The molecule has 0 bridgehead atoms. The highest BCUT2D eigenvalue weighted by atomic mass is 79.9. The maximum atomic E-state index is 12.6. The van der Waals surface area contributed by atoms with Crippen molar-refractivity contribution < 1.29 is 9.59 Å². The van der Waals surface area contributed by atoms with Gasteiger partial charge in [-0.3, -0.25) is 14.2 Å². The summed E-state index contributed by atoms with van der Waals surface area (Å²) in [5.41, 5.74) is 2.20. The van der Waals surface area contributed by atoms with E-state index in [1.54, 1.807) is 37.3 Å². The molecule has 1 aromatic heterocycles. The molecule has 0 fully saturated rings. The number of thioether (sulfide) groups is 1. The van der Waals surface area contributed by atoms with Gasteiger partial charge in [0.2, 0.25) is 5.91 Å². The van der Waals surface area contributed by atoms with Crippen LogP contribution in [0.1, 0.15) is 23.7 Å². The van der Waals surface area contributed by atoms with Gasteiger partial charge in [0, 0.05) is 34.3 Å². The van der Waals surface area contributed by atoms with E-state index < -0.39 is 0 Å². The van der Waals surface area contributed by atoms with Gasteiger partial charge in [0.05, 0.1) is 5.75 Å². The van der Waals surface area contributed by atoms with Crippen molar-refractivity contribution in [2.24, 2.45) is 0 Å². The summed E-state index contributed by atoms with van der Waals surface area (Å²) in [4.78, 5) is 24.1. The number of allylic oxidation sites excluding steroid dienone is 1. The number of hydrogen-bond donors (Lipinski definition) is 1. The van der Waals surface area contributed by atoms with Crippen molar-refractivity contribution in [1.29, 1.82) is 0 Å². The van der Waals surface area contributed by atoms with Gasteiger partial charge in [0.25, 0.3) is 0 Å². The molecule has 1 amide bonds. The van der Waals surface area contributed by atoms with E-state index in [1.165, 1.54) is 11.8 Å². The fraction of sp³-hybridized carbons (Fsp3) is 0.182. The first kappa shape index (κ1) is 22.0. The molecule has 0 atom stereocenters. The Balaban J connectivity index is 1.70. The molecule has 154 valence electrons. The molecule has 0 aliphatic carbocycles. The molecule has 0 unspecified atom stereocenters. The lowest BCUT2D eigenvalue weighted by Crippen LogP contribution is -2.10. The van der Waals surface area contributed by atoms with Crippen LogP contribution in [0.3, 0.4) is 0 Å². The lowest BCUT2D eigenvalue weighted by Gasteiger charge is -2.08. The quantitative estimate of drug-likeness (QED) is 0.256. The molecule has 8 heteroatoms. The van der Waals surface area contributed by atoms with Crippen LogP contribution in [0.4, 0.5) is 5.69 Å². The molecular weight excluding hydrogens is 464 g/mol. The van der Waals surface area contributed by atoms with Crippen LogP contribution in [0.25, 0.3) is 11.4 Å². The maximum absolute atomic E-state index is 12.6. The molecule has 0 radical (unpaired) electrons. The van der Waals surface area contributed by atoms with Gasteiger partial charge in [-0.2, -0.15) is 0 Å². The van der Waals surface area contributed by atoms with Crippen molar-refractivity contribution >= 4 is 45.1 Å². The minimum absolute atomic E-state index is 0.0216. The first-order valence-corrected chi connectivity index (χ1v) is 11.2. The molecule has 3 rings (SSSR count). The largest absolute Gasteiger partial charge is 0.326 e. The van der Waals surface area contributed by atoms with Gasteiger partial charge < -0.3 is 5.32 Å². The normalized spacial score (nSPS) is 10.6. The first-order valence-electron chi connectivity index (χ1n) is 9.37. The number of ketones is 1. The van der Waals surface area contributed by atoms with E-state index in [-0.39, 0.29) is 17.4 Å². The Hall–Kier alpha value is -2.71. The predicted octanol–water partition coefficient (Wildman–Crippen LogP) is 5.22. The van der Waals surface area contributed by atoms with Crippen LogP contribution in [0, 0.1) is 0 Å². The van der Waals surface area contributed by atoms with E-state index >= 15 is 0 Å². The SMILES string of the molecule is C=CCn1c(SCC(=O)c2ccc(NC(=O)CC)cc2)nnc1-c1ccc(Br)cc1. The minimum Gasteiger partial charge on any atom is -0.326 e. The number of carbonyl (C=O) groups is 2. The zero-order valence-electron chi connectivity index (χ0n) is 16.5. The van der Waals surface area contributed by atoms with Crippen molar-refractivity contribution in [2.75, 3.05) is 11.1 Å². The Morgan fingerprint density at radius 3 is 2.47 bits per heavy atom. The Morgan fingerprint density at radius 2 is 1.83 bits per heavy atom. The summed E-state index contributed by atoms with van der Waals surface area (Å²) in [6.07, 6.45) is 2.19. The molecule has 6 nitrogen and oxygen atoms in total. The Morgan fingerprint density at radius 1 is 1.13 bits per heavy atom. The highest BCUT2D eigenvalue weighted by molar-refractivity contribution is 9.10. The fourth-order valence-corrected chi connectivity index (χ4v) is 3.81. The molecule has 0 aliphatic rings. The highest BCUT2D eigenvalue weighted by Gasteiger charge is 2.15. The van der Waals surface area contributed by atoms with Crippen LogP contribution in [0.5, 0.6) is 0 Å². The molecule has 0 spiro atoms. The molecule has 0 saturated carbocycles. The summed E-state index contributed by atoms with van der Waals surface area (Å²) in [5, 5.41) is 12.0. The lowest BCUT2D eigenvalue weighted by atomic mass is 10.1. The highest BCUT2D eigenvalue weighted by Crippen LogP contribution is 2.26. The average molecular weight is 485 g/mol. The molecule has 1 heterocycles. The third-order valence-corrected chi connectivity index (χ3v) is 5.77. The molecule has 1 N–H and O–H groups in total. The number of halogens is 1. The van der Waals surface area contributed by atoms with Crippen molar-refractivity contribution in [3.05, 3.63) is 71.2 Å². The Labute approximate surface area is 187 Å². The summed E-state index contributed by atoms with van der Waals surface area (Å²) in [6, 6.07) is 14.7. The smallest absolute Gasteiger partial charge is 0.224 e. The molecule has 0 saturated heterocycles. The first-order chi connectivity index (χ1) is 14.5. The van der Waals surface area contributed by atoms with Gasteiger partial charge in [-0.05, 0) is 36.4 Å².